The molecule has 0 aliphatic rings. The van der Waals surface area contributed by atoms with Gasteiger partial charge in [0.1, 0.15) is 5.69 Å². The first-order valence-electron chi connectivity index (χ1n) is 5.67. The topological polar surface area (TPSA) is 47.8 Å². The molecule has 1 aromatic heterocycles. The van der Waals surface area contributed by atoms with Crippen molar-refractivity contribution in [3.63, 3.8) is 0 Å². The summed E-state index contributed by atoms with van der Waals surface area (Å²) in [6.07, 6.45) is 4.31. The highest BCUT2D eigenvalue weighted by atomic mass is 16.1. The summed E-state index contributed by atoms with van der Waals surface area (Å²) >= 11 is 0. The van der Waals surface area contributed by atoms with Gasteiger partial charge < -0.3 is 0 Å². The van der Waals surface area contributed by atoms with Gasteiger partial charge in [0, 0.05) is 12.5 Å². The Balaban J connectivity index is 2.84. The maximum absolute atomic E-state index is 12.1. The van der Waals surface area contributed by atoms with Crippen LogP contribution < -0.4 is 0 Å². The minimum absolute atomic E-state index is 0.110. The fourth-order valence-electron chi connectivity index (χ4n) is 1.69. The first kappa shape index (κ1) is 11.9. The molecular formula is C11H19N3O. The van der Waals surface area contributed by atoms with E-state index in [1.165, 1.54) is 0 Å². The van der Waals surface area contributed by atoms with Gasteiger partial charge in [-0.2, -0.15) is 0 Å². The molecule has 15 heavy (non-hydrogen) atoms. The minimum atomic E-state index is 0.110. The van der Waals surface area contributed by atoms with Crippen LogP contribution >= 0.6 is 0 Å². The van der Waals surface area contributed by atoms with Gasteiger partial charge in [-0.25, -0.2) is 4.68 Å². The summed E-state index contributed by atoms with van der Waals surface area (Å²) in [6, 6.07) is 0. The lowest BCUT2D eigenvalue weighted by Crippen LogP contribution is -2.18. The SMILES string of the molecule is CCCn1nncc1C(=O)C(CC)CC. The molecule has 0 aliphatic carbocycles. The number of aryl methyl sites for hydroxylation is 1. The molecule has 0 atom stereocenters. The van der Waals surface area contributed by atoms with Gasteiger partial charge >= 0.3 is 0 Å². The van der Waals surface area contributed by atoms with Gasteiger partial charge in [0.25, 0.3) is 0 Å². The molecule has 0 unspecified atom stereocenters. The van der Waals surface area contributed by atoms with Crippen molar-refractivity contribution in [3.8, 4) is 0 Å². The second-order valence-electron chi connectivity index (χ2n) is 3.72. The summed E-state index contributed by atoms with van der Waals surface area (Å²) in [7, 11) is 0. The Labute approximate surface area is 90.7 Å². The number of carbonyl (C=O) groups excluding carboxylic acids is 1. The van der Waals surface area contributed by atoms with E-state index in [4.69, 9.17) is 0 Å². The van der Waals surface area contributed by atoms with E-state index in [0.717, 1.165) is 25.8 Å². The van der Waals surface area contributed by atoms with Gasteiger partial charge in [-0.05, 0) is 19.3 Å². The van der Waals surface area contributed by atoms with Gasteiger partial charge in [-0.3, -0.25) is 4.79 Å². The van der Waals surface area contributed by atoms with Crippen molar-refractivity contribution in [2.45, 2.75) is 46.6 Å². The molecule has 0 bridgehead atoms. The van der Waals surface area contributed by atoms with E-state index < -0.39 is 0 Å². The molecule has 1 rings (SSSR count). The van der Waals surface area contributed by atoms with Gasteiger partial charge in [0.2, 0.25) is 0 Å². The lowest BCUT2D eigenvalue weighted by Gasteiger charge is -2.11. The van der Waals surface area contributed by atoms with Crippen molar-refractivity contribution in [2.24, 2.45) is 5.92 Å². The average molecular weight is 209 g/mol. The molecule has 0 spiro atoms. The van der Waals surface area contributed by atoms with E-state index in [1.54, 1.807) is 10.9 Å². The summed E-state index contributed by atoms with van der Waals surface area (Å²) in [6.45, 7) is 6.91. The van der Waals surface area contributed by atoms with E-state index in [0.29, 0.717) is 5.69 Å². The van der Waals surface area contributed by atoms with E-state index in [9.17, 15) is 4.79 Å². The smallest absolute Gasteiger partial charge is 0.185 e. The second-order valence-corrected chi connectivity index (χ2v) is 3.72. The third-order valence-electron chi connectivity index (χ3n) is 2.66. The number of hydrogen-bond donors (Lipinski definition) is 0. The zero-order valence-corrected chi connectivity index (χ0v) is 9.73. The molecule has 1 heterocycles. The number of aromatic nitrogens is 3. The highest BCUT2D eigenvalue weighted by Gasteiger charge is 2.20. The van der Waals surface area contributed by atoms with Crippen LogP contribution in [-0.2, 0) is 6.54 Å². The maximum Gasteiger partial charge on any atom is 0.185 e. The van der Waals surface area contributed by atoms with Crippen LogP contribution in [-0.4, -0.2) is 20.8 Å². The third-order valence-corrected chi connectivity index (χ3v) is 2.66. The largest absolute Gasteiger partial charge is 0.292 e. The van der Waals surface area contributed by atoms with Crippen LogP contribution in [0, 0.1) is 5.92 Å². The molecule has 0 radical (unpaired) electrons. The maximum atomic E-state index is 12.1. The Morgan fingerprint density at radius 2 is 2.07 bits per heavy atom. The summed E-state index contributed by atoms with van der Waals surface area (Å²) in [5.41, 5.74) is 0.658. The minimum Gasteiger partial charge on any atom is -0.292 e. The second kappa shape index (κ2) is 5.63. The van der Waals surface area contributed by atoms with Gasteiger partial charge in [-0.15, -0.1) is 5.10 Å². The van der Waals surface area contributed by atoms with Crippen molar-refractivity contribution >= 4 is 5.78 Å². The molecule has 4 nitrogen and oxygen atoms in total. The Morgan fingerprint density at radius 3 is 2.60 bits per heavy atom. The van der Waals surface area contributed by atoms with Crippen LogP contribution in [0.4, 0.5) is 0 Å². The Kier molecular flexibility index (Phi) is 4.46. The predicted molar refractivity (Wildman–Crippen MR) is 58.7 cm³/mol. The van der Waals surface area contributed by atoms with Crippen molar-refractivity contribution < 1.29 is 4.79 Å². The summed E-state index contributed by atoms with van der Waals surface area (Å²) < 4.78 is 1.71. The first-order valence-corrected chi connectivity index (χ1v) is 5.67. The zero-order chi connectivity index (χ0) is 11.3. The van der Waals surface area contributed by atoms with Gasteiger partial charge in [0.05, 0.1) is 6.20 Å². The van der Waals surface area contributed by atoms with E-state index in [-0.39, 0.29) is 11.7 Å². The van der Waals surface area contributed by atoms with Crippen molar-refractivity contribution in [1.29, 1.82) is 0 Å². The standard InChI is InChI=1S/C11H19N3O/c1-4-7-14-10(8-12-13-14)11(15)9(5-2)6-3/h8-9H,4-7H2,1-3H3. The molecule has 0 fully saturated rings. The number of rotatable bonds is 6. The monoisotopic (exact) mass is 209 g/mol. The fraction of sp³-hybridized carbons (Fsp3) is 0.727. The summed E-state index contributed by atoms with van der Waals surface area (Å²) in [4.78, 5) is 12.1. The Bertz CT molecular complexity index is 315. The van der Waals surface area contributed by atoms with Crippen LogP contribution in [0.1, 0.15) is 50.5 Å². The third kappa shape index (κ3) is 2.64. The van der Waals surface area contributed by atoms with Crippen molar-refractivity contribution in [1.82, 2.24) is 15.0 Å². The lowest BCUT2D eigenvalue weighted by atomic mass is 9.96. The molecule has 1 aromatic rings. The molecule has 4 heteroatoms. The molecular weight excluding hydrogens is 190 g/mol. The molecule has 84 valence electrons. The summed E-state index contributed by atoms with van der Waals surface area (Å²) in [5, 5.41) is 7.73. The quantitative estimate of drug-likeness (QED) is 0.675. The van der Waals surface area contributed by atoms with E-state index in [2.05, 4.69) is 17.2 Å². The van der Waals surface area contributed by atoms with Gasteiger partial charge in [0.15, 0.2) is 5.78 Å². The average Bonchev–Trinajstić information content (AvgIpc) is 2.68. The van der Waals surface area contributed by atoms with Crippen molar-refractivity contribution in [3.05, 3.63) is 11.9 Å². The Morgan fingerprint density at radius 1 is 1.40 bits per heavy atom. The molecule has 0 saturated heterocycles. The molecule has 0 aliphatic heterocycles. The molecule has 0 saturated carbocycles. The number of Topliss-reactive ketones (excluding diaryl/α,β-unsaturated/α-hetero) is 1. The fourth-order valence-corrected chi connectivity index (χ4v) is 1.69. The lowest BCUT2D eigenvalue weighted by molar-refractivity contribution is 0.0902. The first-order chi connectivity index (χ1) is 7.24. The number of nitrogens with zero attached hydrogens (tertiary/aromatic N) is 3. The molecule has 0 amide bonds. The molecule has 0 aromatic carbocycles. The highest BCUT2D eigenvalue weighted by Crippen LogP contribution is 2.14. The summed E-state index contributed by atoms with van der Waals surface area (Å²) in [5.74, 6) is 0.289. The normalized spacial score (nSPS) is 10.9. The number of carbonyl (C=O) groups is 1. The van der Waals surface area contributed by atoms with Crippen LogP contribution in [0.5, 0.6) is 0 Å². The van der Waals surface area contributed by atoms with Crippen molar-refractivity contribution in [2.75, 3.05) is 0 Å². The Hall–Kier alpha value is -1.19. The van der Waals surface area contributed by atoms with Crippen LogP contribution in [0.15, 0.2) is 6.20 Å². The van der Waals surface area contributed by atoms with Crippen LogP contribution in [0.3, 0.4) is 0 Å². The predicted octanol–water partition coefficient (Wildman–Crippen LogP) is 2.31. The van der Waals surface area contributed by atoms with Crippen LogP contribution in [0.2, 0.25) is 0 Å². The van der Waals surface area contributed by atoms with Gasteiger partial charge in [-0.1, -0.05) is 26.0 Å². The molecule has 0 N–H and O–H groups in total. The number of ketones is 1. The van der Waals surface area contributed by atoms with Crippen LogP contribution in [0.25, 0.3) is 0 Å². The zero-order valence-electron chi connectivity index (χ0n) is 9.73. The highest BCUT2D eigenvalue weighted by molar-refractivity contribution is 5.95. The number of hydrogen-bond acceptors (Lipinski definition) is 3. The van der Waals surface area contributed by atoms with E-state index in [1.807, 2.05) is 13.8 Å². The van der Waals surface area contributed by atoms with E-state index >= 15 is 0 Å².